The molecule has 4 rings (SSSR count). The molecule has 35 heavy (non-hydrogen) atoms. The maximum absolute atomic E-state index is 12.0. The summed E-state index contributed by atoms with van der Waals surface area (Å²) in [6.07, 6.45) is 2.45. The van der Waals surface area contributed by atoms with Crippen molar-refractivity contribution in [2.45, 2.75) is 46.6 Å². The molecule has 0 fully saturated rings. The highest BCUT2D eigenvalue weighted by molar-refractivity contribution is 6.21. The summed E-state index contributed by atoms with van der Waals surface area (Å²) >= 11 is 0. The number of amides is 2. The van der Waals surface area contributed by atoms with E-state index in [0.29, 0.717) is 41.4 Å². The Balaban J connectivity index is 0.000000206. The van der Waals surface area contributed by atoms with E-state index in [-0.39, 0.29) is 11.8 Å². The van der Waals surface area contributed by atoms with Gasteiger partial charge in [0.1, 0.15) is 0 Å². The van der Waals surface area contributed by atoms with Gasteiger partial charge in [-0.3, -0.25) is 14.5 Å². The van der Waals surface area contributed by atoms with Gasteiger partial charge in [-0.05, 0) is 49.6 Å². The second-order valence-electron chi connectivity index (χ2n) is 8.96. The van der Waals surface area contributed by atoms with Crippen LogP contribution in [0.15, 0.2) is 48.5 Å². The monoisotopic (exact) mass is 481 g/mol. The van der Waals surface area contributed by atoms with Crippen molar-refractivity contribution in [1.29, 1.82) is 0 Å². The van der Waals surface area contributed by atoms with Crippen LogP contribution in [0.25, 0.3) is 0 Å². The van der Waals surface area contributed by atoms with Gasteiger partial charge < -0.3 is 15.8 Å². The van der Waals surface area contributed by atoms with Crippen LogP contribution < -0.4 is 11.1 Å². The number of benzene rings is 2. The third-order valence-corrected chi connectivity index (χ3v) is 5.30. The number of cyclic esters (lactones) is 2. The van der Waals surface area contributed by atoms with Gasteiger partial charge in [0.2, 0.25) is 0 Å². The standard InChI is InChI=1S/C13H16N2O2.C8H4O3.C6H15N/c1-9(2)14-7-8-15-12(16)10-5-3-4-6-11(10)13(15)17;9-7-5-3-1-2-4-6(5)8(10)11-7;1-6(2)4-3-5-7/h3-6,9,14H,7-8H2,1-2H3;1-4H;6H,3-5,7H2,1-2H3. The van der Waals surface area contributed by atoms with Gasteiger partial charge in [0.25, 0.3) is 11.8 Å². The molecule has 2 amide bonds. The molecular formula is C27H35N3O5. The summed E-state index contributed by atoms with van der Waals surface area (Å²) in [5, 5.41) is 3.19. The van der Waals surface area contributed by atoms with Gasteiger partial charge >= 0.3 is 11.9 Å². The second-order valence-corrected chi connectivity index (χ2v) is 8.96. The SMILES string of the molecule is CC(C)CCCN.CC(C)NCCN1C(=O)c2ccccc2C1=O.O=C1OC(=O)c2ccccc21. The van der Waals surface area contributed by atoms with Crippen molar-refractivity contribution >= 4 is 23.8 Å². The Bertz CT molecular complexity index is 981. The first-order valence-corrected chi connectivity index (χ1v) is 11.9. The van der Waals surface area contributed by atoms with E-state index in [9.17, 15) is 19.2 Å². The first kappa shape index (κ1) is 27.9. The van der Waals surface area contributed by atoms with Crippen molar-refractivity contribution in [1.82, 2.24) is 10.2 Å². The smallest absolute Gasteiger partial charge is 0.346 e. The van der Waals surface area contributed by atoms with Gasteiger partial charge in [0.05, 0.1) is 22.3 Å². The fourth-order valence-corrected chi connectivity index (χ4v) is 3.47. The lowest BCUT2D eigenvalue weighted by Gasteiger charge is -2.15. The third kappa shape index (κ3) is 7.83. The predicted octanol–water partition coefficient (Wildman–Crippen LogP) is 3.66. The number of ether oxygens (including phenoxy) is 1. The Morgan fingerprint density at radius 2 is 1.26 bits per heavy atom. The molecule has 0 atom stereocenters. The van der Waals surface area contributed by atoms with Gasteiger partial charge in [-0.1, -0.05) is 52.0 Å². The third-order valence-electron chi connectivity index (χ3n) is 5.30. The number of imide groups is 1. The molecule has 2 heterocycles. The Morgan fingerprint density at radius 1 is 0.800 bits per heavy atom. The van der Waals surface area contributed by atoms with Gasteiger partial charge in [-0.25, -0.2) is 9.59 Å². The lowest BCUT2D eigenvalue weighted by Crippen LogP contribution is -2.38. The van der Waals surface area contributed by atoms with E-state index in [4.69, 9.17) is 5.73 Å². The molecule has 0 spiro atoms. The number of nitrogens with zero attached hydrogens (tertiary/aromatic N) is 1. The number of rotatable bonds is 7. The van der Waals surface area contributed by atoms with Crippen molar-refractivity contribution in [3.05, 3.63) is 70.8 Å². The van der Waals surface area contributed by atoms with E-state index in [1.54, 1.807) is 48.5 Å². The van der Waals surface area contributed by atoms with E-state index in [1.807, 2.05) is 13.8 Å². The number of carbonyl (C=O) groups is 4. The molecule has 3 N–H and O–H groups in total. The summed E-state index contributed by atoms with van der Waals surface area (Å²) in [7, 11) is 0. The summed E-state index contributed by atoms with van der Waals surface area (Å²) < 4.78 is 4.35. The minimum Gasteiger partial charge on any atom is -0.386 e. The van der Waals surface area contributed by atoms with Gasteiger partial charge in [0, 0.05) is 19.1 Å². The van der Waals surface area contributed by atoms with Crippen LogP contribution in [0.1, 0.15) is 82.0 Å². The van der Waals surface area contributed by atoms with Crippen LogP contribution in [0, 0.1) is 5.92 Å². The zero-order chi connectivity index (χ0) is 26.0. The predicted molar refractivity (Wildman–Crippen MR) is 134 cm³/mol. The highest BCUT2D eigenvalue weighted by Gasteiger charge is 2.34. The number of fused-ring (bicyclic) bond motifs is 2. The molecule has 0 aliphatic carbocycles. The normalized spacial score (nSPS) is 13.7. The van der Waals surface area contributed by atoms with Crippen LogP contribution in [0.5, 0.6) is 0 Å². The van der Waals surface area contributed by atoms with Crippen molar-refractivity contribution < 1.29 is 23.9 Å². The Morgan fingerprint density at radius 3 is 1.63 bits per heavy atom. The molecule has 2 aliphatic rings. The van der Waals surface area contributed by atoms with Crippen molar-refractivity contribution in [2.24, 2.45) is 11.7 Å². The van der Waals surface area contributed by atoms with Crippen LogP contribution >= 0.6 is 0 Å². The minimum absolute atomic E-state index is 0.184. The molecular weight excluding hydrogens is 446 g/mol. The highest BCUT2D eigenvalue weighted by Crippen LogP contribution is 2.21. The van der Waals surface area contributed by atoms with Crippen molar-refractivity contribution in [3.63, 3.8) is 0 Å². The summed E-state index contributed by atoms with van der Waals surface area (Å²) in [5.74, 6) is -0.646. The van der Waals surface area contributed by atoms with Gasteiger partial charge in [0.15, 0.2) is 0 Å². The molecule has 8 nitrogen and oxygen atoms in total. The topological polar surface area (TPSA) is 119 Å². The summed E-state index contributed by atoms with van der Waals surface area (Å²) in [4.78, 5) is 46.9. The number of carbonyl (C=O) groups excluding carboxylic acids is 4. The maximum atomic E-state index is 12.0. The zero-order valence-electron chi connectivity index (χ0n) is 20.9. The quantitative estimate of drug-likeness (QED) is 0.352. The molecule has 0 aromatic heterocycles. The van der Waals surface area contributed by atoms with Crippen molar-refractivity contribution in [2.75, 3.05) is 19.6 Å². The van der Waals surface area contributed by atoms with Crippen LogP contribution in [-0.4, -0.2) is 54.3 Å². The van der Waals surface area contributed by atoms with Gasteiger partial charge in [-0.2, -0.15) is 0 Å². The molecule has 2 aliphatic heterocycles. The Kier molecular flexibility index (Phi) is 10.8. The Labute approximate surface area is 206 Å². The van der Waals surface area contributed by atoms with Crippen LogP contribution in [0.2, 0.25) is 0 Å². The average molecular weight is 482 g/mol. The first-order chi connectivity index (χ1) is 16.7. The summed E-state index contributed by atoms with van der Waals surface area (Å²) in [6, 6.07) is 13.8. The second kappa shape index (κ2) is 13.5. The van der Waals surface area contributed by atoms with E-state index in [0.717, 1.165) is 12.5 Å². The largest absolute Gasteiger partial charge is 0.386 e. The lowest BCUT2D eigenvalue weighted by atomic mass is 10.1. The van der Waals surface area contributed by atoms with Gasteiger partial charge in [-0.15, -0.1) is 0 Å². The molecule has 2 aromatic rings. The lowest BCUT2D eigenvalue weighted by molar-refractivity contribution is 0.0442. The molecule has 0 saturated carbocycles. The summed E-state index contributed by atoms with van der Waals surface area (Å²) in [6.45, 7) is 10.4. The van der Waals surface area contributed by atoms with E-state index in [1.165, 1.54) is 17.7 Å². The summed E-state index contributed by atoms with van der Waals surface area (Å²) in [5.41, 5.74) is 7.03. The molecule has 8 heteroatoms. The number of nitrogens with two attached hydrogens (primary N) is 1. The fraction of sp³-hybridized carbons (Fsp3) is 0.407. The van der Waals surface area contributed by atoms with Crippen molar-refractivity contribution in [3.8, 4) is 0 Å². The van der Waals surface area contributed by atoms with E-state index in [2.05, 4.69) is 23.9 Å². The zero-order valence-corrected chi connectivity index (χ0v) is 20.9. The van der Waals surface area contributed by atoms with Crippen LogP contribution in [0.4, 0.5) is 0 Å². The number of nitrogens with one attached hydrogen (secondary N) is 1. The number of hydrogen-bond acceptors (Lipinski definition) is 7. The molecule has 0 unspecified atom stereocenters. The average Bonchev–Trinajstić information content (AvgIpc) is 3.26. The van der Waals surface area contributed by atoms with Crippen LogP contribution in [-0.2, 0) is 4.74 Å². The minimum atomic E-state index is -0.550. The molecule has 0 saturated heterocycles. The first-order valence-electron chi connectivity index (χ1n) is 11.9. The highest BCUT2D eigenvalue weighted by atomic mass is 16.6. The molecule has 0 radical (unpaired) electrons. The number of hydrogen-bond donors (Lipinski definition) is 2. The molecule has 188 valence electrons. The molecule has 0 bridgehead atoms. The maximum Gasteiger partial charge on any atom is 0.346 e. The molecule has 2 aromatic carbocycles. The van der Waals surface area contributed by atoms with Crippen LogP contribution in [0.3, 0.4) is 0 Å². The van der Waals surface area contributed by atoms with E-state index < -0.39 is 11.9 Å². The fourth-order valence-electron chi connectivity index (χ4n) is 3.47. The Hall–Kier alpha value is -3.36. The number of esters is 2. The van der Waals surface area contributed by atoms with E-state index >= 15 is 0 Å².